The second-order valence-electron chi connectivity index (χ2n) is 7.78. The molecule has 0 atom stereocenters. The molecule has 0 N–H and O–H groups in total. The predicted molar refractivity (Wildman–Crippen MR) is 113 cm³/mol. The van der Waals surface area contributed by atoms with Crippen LogP contribution in [0.25, 0.3) is 22.2 Å². The first-order valence-corrected chi connectivity index (χ1v) is 10.2. The zero-order valence-electron chi connectivity index (χ0n) is 16.8. The van der Waals surface area contributed by atoms with Crippen molar-refractivity contribution >= 4 is 28.0 Å². The van der Waals surface area contributed by atoms with Crippen LogP contribution < -0.4 is 10.6 Å². The highest BCUT2D eigenvalue weighted by molar-refractivity contribution is 5.87. The van der Waals surface area contributed by atoms with E-state index in [0.717, 1.165) is 60.5 Å². The number of hydrogen-bond donors (Lipinski definition) is 0. The SMILES string of the molecule is CCn1c(=O)n(CC2CCN(c3ncnc4c3ccn4C)CC2)c2ncccc21. The van der Waals surface area contributed by atoms with E-state index in [-0.39, 0.29) is 5.69 Å². The molecule has 0 bridgehead atoms. The number of hydrogen-bond acceptors (Lipinski definition) is 5. The van der Waals surface area contributed by atoms with Crippen molar-refractivity contribution in [2.75, 3.05) is 18.0 Å². The fourth-order valence-electron chi connectivity index (χ4n) is 4.52. The molecule has 1 fully saturated rings. The molecule has 1 aliphatic heterocycles. The molecule has 150 valence electrons. The number of nitrogens with zero attached hydrogens (tertiary/aromatic N) is 7. The Kier molecular flexibility index (Phi) is 4.34. The average molecular weight is 391 g/mol. The number of imidazole rings is 1. The molecule has 8 heteroatoms. The van der Waals surface area contributed by atoms with Gasteiger partial charge in [0.1, 0.15) is 17.8 Å². The normalized spacial score (nSPS) is 15.6. The van der Waals surface area contributed by atoms with E-state index in [4.69, 9.17) is 0 Å². The molecule has 8 nitrogen and oxygen atoms in total. The third kappa shape index (κ3) is 2.90. The van der Waals surface area contributed by atoms with Gasteiger partial charge in [-0.25, -0.2) is 19.7 Å². The van der Waals surface area contributed by atoms with Gasteiger partial charge in [-0.05, 0) is 43.9 Å². The lowest BCUT2D eigenvalue weighted by atomic mass is 9.96. The number of pyridine rings is 1. The largest absolute Gasteiger partial charge is 0.356 e. The van der Waals surface area contributed by atoms with Crippen LogP contribution >= 0.6 is 0 Å². The summed E-state index contributed by atoms with van der Waals surface area (Å²) in [5, 5.41) is 1.10. The molecule has 0 aliphatic carbocycles. The molecule has 4 aromatic rings. The molecule has 29 heavy (non-hydrogen) atoms. The zero-order valence-corrected chi connectivity index (χ0v) is 16.8. The molecule has 0 unspecified atom stereocenters. The van der Waals surface area contributed by atoms with Crippen LogP contribution in [-0.4, -0.2) is 41.7 Å². The summed E-state index contributed by atoms with van der Waals surface area (Å²) in [6.07, 6.45) is 7.49. The fourth-order valence-corrected chi connectivity index (χ4v) is 4.52. The molecular formula is C21H25N7O. The Morgan fingerprint density at radius 3 is 2.69 bits per heavy atom. The molecule has 0 aromatic carbocycles. The molecular weight excluding hydrogens is 366 g/mol. The summed E-state index contributed by atoms with van der Waals surface area (Å²) in [6, 6.07) is 5.96. The van der Waals surface area contributed by atoms with Crippen LogP contribution in [0.2, 0.25) is 0 Å². The van der Waals surface area contributed by atoms with Gasteiger partial charge < -0.3 is 9.47 Å². The van der Waals surface area contributed by atoms with Crippen LogP contribution in [0.1, 0.15) is 19.8 Å². The smallest absolute Gasteiger partial charge is 0.330 e. The number of rotatable bonds is 4. The Morgan fingerprint density at radius 2 is 1.90 bits per heavy atom. The molecule has 5 heterocycles. The van der Waals surface area contributed by atoms with Crippen molar-refractivity contribution in [2.24, 2.45) is 13.0 Å². The van der Waals surface area contributed by atoms with E-state index in [9.17, 15) is 4.79 Å². The third-order valence-electron chi connectivity index (χ3n) is 6.09. The molecule has 5 rings (SSSR count). The van der Waals surface area contributed by atoms with Crippen LogP contribution in [0.3, 0.4) is 0 Å². The Bertz CT molecular complexity index is 1230. The van der Waals surface area contributed by atoms with Crippen molar-refractivity contribution in [1.82, 2.24) is 28.7 Å². The van der Waals surface area contributed by atoms with Crippen LogP contribution in [0.4, 0.5) is 5.82 Å². The van der Waals surface area contributed by atoms with Gasteiger partial charge in [0, 0.05) is 45.6 Å². The number of aryl methyl sites for hydroxylation is 2. The molecule has 0 saturated carbocycles. The molecule has 0 spiro atoms. The molecule has 4 aromatic heterocycles. The fraction of sp³-hybridized carbons (Fsp3) is 0.429. The van der Waals surface area contributed by atoms with Crippen molar-refractivity contribution in [1.29, 1.82) is 0 Å². The number of anilines is 1. The van der Waals surface area contributed by atoms with Gasteiger partial charge in [0.15, 0.2) is 5.65 Å². The summed E-state index contributed by atoms with van der Waals surface area (Å²) in [5.74, 6) is 1.46. The Balaban J connectivity index is 1.36. The summed E-state index contributed by atoms with van der Waals surface area (Å²) >= 11 is 0. The van der Waals surface area contributed by atoms with E-state index < -0.39 is 0 Å². The highest BCUT2D eigenvalue weighted by atomic mass is 16.1. The first-order valence-electron chi connectivity index (χ1n) is 10.2. The lowest BCUT2D eigenvalue weighted by Crippen LogP contribution is -2.37. The maximum absolute atomic E-state index is 12.9. The second kappa shape index (κ2) is 7.02. The van der Waals surface area contributed by atoms with Gasteiger partial charge in [-0.3, -0.25) is 9.13 Å². The summed E-state index contributed by atoms with van der Waals surface area (Å²) < 4.78 is 5.69. The maximum atomic E-state index is 12.9. The van der Waals surface area contributed by atoms with Gasteiger partial charge in [0.2, 0.25) is 0 Å². The van der Waals surface area contributed by atoms with E-state index in [1.807, 2.05) is 46.0 Å². The number of piperidine rings is 1. The highest BCUT2D eigenvalue weighted by Gasteiger charge is 2.24. The lowest BCUT2D eigenvalue weighted by molar-refractivity contribution is 0.354. The third-order valence-corrected chi connectivity index (χ3v) is 6.09. The molecule has 1 aliphatic rings. The quantitative estimate of drug-likeness (QED) is 0.534. The minimum absolute atomic E-state index is 0.0467. The van der Waals surface area contributed by atoms with Crippen LogP contribution in [0, 0.1) is 5.92 Å². The highest BCUT2D eigenvalue weighted by Crippen LogP contribution is 2.28. The molecule has 0 amide bonds. The minimum Gasteiger partial charge on any atom is -0.356 e. The standard InChI is InChI=1S/C21H25N7O/c1-3-27-17-5-4-9-22-20(17)28(21(27)29)13-15-6-11-26(12-7-15)19-16-8-10-25(2)18(16)23-14-24-19/h4-5,8-10,14-15H,3,6-7,11-13H2,1-2H3. The predicted octanol–water partition coefficient (Wildman–Crippen LogP) is 2.42. The second-order valence-corrected chi connectivity index (χ2v) is 7.78. The topological polar surface area (TPSA) is 73.8 Å². The minimum atomic E-state index is 0.0467. The molecule has 1 saturated heterocycles. The summed E-state index contributed by atoms with van der Waals surface area (Å²) in [7, 11) is 2.00. The van der Waals surface area contributed by atoms with E-state index in [1.165, 1.54) is 0 Å². The van der Waals surface area contributed by atoms with Gasteiger partial charge in [0.25, 0.3) is 0 Å². The lowest BCUT2D eigenvalue weighted by Gasteiger charge is -2.33. The summed E-state index contributed by atoms with van der Waals surface area (Å²) in [4.78, 5) is 28.7. The first-order chi connectivity index (χ1) is 14.2. The van der Waals surface area contributed by atoms with Crippen LogP contribution in [0.5, 0.6) is 0 Å². The van der Waals surface area contributed by atoms with Crippen molar-refractivity contribution in [3.05, 3.63) is 47.4 Å². The van der Waals surface area contributed by atoms with Crippen LogP contribution in [-0.2, 0) is 20.1 Å². The number of fused-ring (bicyclic) bond motifs is 2. The van der Waals surface area contributed by atoms with E-state index in [2.05, 4.69) is 25.9 Å². The Morgan fingerprint density at radius 1 is 1.07 bits per heavy atom. The monoisotopic (exact) mass is 391 g/mol. The summed E-state index contributed by atoms with van der Waals surface area (Å²) in [5.41, 5.74) is 2.72. The first kappa shape index (κ1) is 17.9. The zero-order chi connectivity index (χ0) is 20.0. The van der Waals surface area contributed by atoms with Gasteiger partial charge in [-0.1, -0.05) is 0 Å². The van der Waals surface area contributed by atoms with E-state index in [1.54, 1.807) is 12.5 Å². The Labute approximate surface area is 168 Å². The number of aromatic nitrogens is 6. The van der Waals surface area contributed by atoms with Crippen LogP contribution in [0.15, 0.2) is 41.7 Å². The van der Waals surface area contributed by atoms with Gasteiger partial charge in [-0.2, -0.15) is 0 Å². The summed E-state index contributed by atoms with van der Waals surface area (Å²) in [6.45, 7) is 5.24. The molecule has 0 radical (unpaired) electrons. The van der Waals surface area contributed by atoms with E-state index >= 15 is 0 Å². The van der Waals surface area contributed by atoms with Crippen molar-refractivity contribution in [3.8, 4) is 0 Å². The van der Waals surface area contributed by atoms with Gasteiger partial charge in [-0.15, -0.1) is 0 Å². The van der Waals surface area contributed by atoms with Crippen molar-refractivity contribution in [2.45, 2.75) is 32.9 Å². The van der Waals surface area contributed by atoms with Gasteiger partial charge >= 0.3 is 5.69 Å². The average Bonchev–Trinajstić information content (AvgIpc) is 3.26. The van der Waals surface area contributed by atoms with Gasteiger partial charge in [0.05, 0.1) is 10.9 Å². The Hall–Kier alpha value is -3.16. The van der Waals surface area contributed by atoms with Crippen molar-refractivity contribution in [3.63, 3.8) is 0 Å². The maximum Gasteiger partial charge on any atom is 0.330 e. The van der Waals surface area contributed by atoms with E-state index in [0.29, 0.717) is 12.5 Å². The van der Waals surface area contributed by atoms with Crippen molar-refractivity contribution < 1.29 is 0 Å².